The Morgan fingerprint density at radius 3 is 2.33 bits per heavy atom. The molecule has 168 valence electrons. The van der Waals surface area contributed by atoms with Crippen LogP contribution in [0.2, 0.25) is 0 Å². The van der Waals surface area contributed by atoms with E-state index in [0.717, 1.165) is 12.3 Å². The van der Waals surface area contributed by atoms with E-state index in [4.69, 9.17) is 0 Å². The summed E-state index contributed by atoms with van der Waals surface area (Å²) in [5, 5.41) is 14.7. The Morgan fingerprint density at radius 2 is 1.73 bits per heavy atom. The molecule has 1 aromatic rings. The van der Waals surface area contributed by atoms with E-state index >= 15 is 0 Å². The van der Waals surface area contributed by atoms with Gasteiger partial charge in [0.05, 0.1) is 16.1 Å². The number of nitrogens with zero attached hydrogens (tertiary/aromatic N) is 4. The summed E-state index contributed by atoms with van der Waals surface area (Å²) in [5.74, 6) is 0. The molecule has 2 saturated heterocycles. The van der Waals surface area contributed by atoms with E-state index in [1.807, 2.05) is 11.9 Å². The van der Waals surface area contributed by atoms with Crippen molar-refractivity contribution in [1.29, 1.82) is 0 Å². The zero-order valence-corrected chi connectivity index (χ0v) is 18.7. The number of likely N-dealkylation sites (N-methyl/N-ethyl adjacent to an activating group) is 1. The van der Waals surface area contributed by atoms with Crippen molar-refractivity contribution in [1.82, 2.24) is 13.5 Å². The van der Waals surface area contributed by atoms with Crippen LogP contribution in [0.15, 0.2) is 23.1 Å². The fourth-order valence-electron chi connectivity index (χ4n) is 3.70. The first-order valence-electron chi connectivity index (χ1n) is 9.67. The zero-order valence-electron chi connectivity index (χ0n) is 17.0. The molecule has 0 amide bonds. The topological polar surface area (TPSA) is 133 Å². The predicted octanol–water partition coefficient (Wildman–Crippen LogP) is 0.367. The van der Waals surface area contributed by atoms with Gasteiger partial charge in [-0.05, 0) is 32.0 Å². The van der Waals surface area contributed by atoms with Crippen LogP contribution in [0.25, 0.3) is 0 Å². The Morgan fingerprint density at radius 1 is 1.07 bits per heavy atom. The molecule has 2 aliphatic heterocycles. The molecule has 3 rings (SSSR count). The highest BCUT2D eigenvalue weighted by Gasteiger charge is 2.31. The number of sulfonamides is 2. The van der Waals surface area contributed by atoms with Crippen LogP contribution in [-0.2, 0) is 20.0 Å². The third kappa shape index (κ3) is 5.09. The van der Waals surface area contributed by atoms with Gasteiger partial charge >= 0.3 is 0 Å². The molecule has 30 heavy (non-hydrogen) atoms. The fourth-order valence-corrected chi connectivity index (χ4v) is 6.06. The second-order valence-electron chi connectivity index (χ2n) is 7.75. The van der Waals surface area contributed by atoms with Gasteiger partial charge in [-0.1, -0.05) is 0 Å². The van der Waals surface area contributed by atoms with Crippen molar-refractivity contribution in [3.05, 3.63) is 28.3 Å². The number of rotatable bonds is 6. The van der Waals surface area contributed by atoms with E-state index in [1.54, 1.807) is 0 Å². The van der Waals surface area contributed by atoms with Crippen molar-refractivity contribution in [3.8, 4) is 0 Å². The molecule has 0 spiro atoms. The van der Waals surface area contributed by atoms with Gasteiger partial charge in [-0.2, -0.15) is 4.31 Å². The monoisotopic (exact) mass is 461 g/mol. The van der Waals surface area contributed by atoms with E-state index in [-0.39, 0.29) is 28.9 Å². The van der Waals surface area contributed by atoms with E-state index < -0.39 is 25.0 Å². The van der Waals surface area contributed by atoms with Crippen LogP contribution >= 0.6 is 0 Å². The van der Waals surface area contributed by atoms with Crippen molar-refractivity contribution in [2.24, 2.45) is 0 Å². The number of hydrogen-bond donors (Lipinski definition) is 1. The molecule has 0 bridgehead atoms. The molecule has 0 radical (unpaired) electrons. The van der Waals surface area contributed by atoms with Gasteiger partial charge in [0.2, 0.25) is 20.0 Å². The molecular weight excluding hydrogens is 434 g/mol. The van der Waals surface area contributed by atoms with Gasteiger partial charge in [0, 0.05) is 51.4 Å². The maximum absolute atomic E-state index is 12.9. The minimum atomic E-state index is -3.83. The molecule has 2 fully saturated rings. The fraction of sp³-hybridized carbons (Fsp3) is 0.647. The Hall–Kier alpha value is -1.80. The highest BCUT2D eigenvalue weighted by molar-refractivity contribution is 7.89. The first-order chi connectivity index (χ1) is 14.0. The highest BCUT2D eigenvalue weighted by atomic mass is 32.2. The lowest BCUT2D eigenvalue weighted by molar-refractivity contribution is -0.384. The summed E-state index contributed by atoms with van der Waals surface area (Å²) < 4.78 is 52.1. The summed E-state index contributed by atoms with van der Waals surface area (Å²) in [7, 11) is -5.27. The maximum atomic E-state index is 12.9. The van der Waals surface area contributed by atoms with Gasteiger partial charge < -0.3 is 10.2 Å². The van der Waals surface area contributed by atoms with Crippen molar-refractivity contribution in [2.45, 2.75) is 23.8 Å². The number of benzene rings is 1. The smallest absolute Gasteiger partial charge is 0.293 e. The van der Waals surface area contributed by atoms with Crippen LogP contribution in [0.4, 0.5) is 11.4 Å². The third-order valence-electron chi connectivity index (χ3n) is 5.48. The predicted molar refractivity (Wildman–Crippen MR) is 112 cm³/mol. The number of piperidine rings is 1. The average Bonchev–Trinajstić information content (AvgIpc) is 2.68. The van der Waals surface area contributed by atoms with Crippen LogP contribution in [0.1, 0.15) is 12.8 Å². The lowest BCUT2D eigenvalue weighted by atomic mass is 10.1. The number of nitro groups is 1. The molecular formula is C17H27N5O6S2. The maximum Gasteiger partial charge on any atom is 0.293 e. The molecule has 1 N–H and O–H groups in total. The van der Waals surface area contributed by atoms with Crippen LogP contribution in [0.3, 0.4) is 0 Å². The van der Waals surface area contributed by atoms with E-state index in [9.17, 15) is 26.9 Å². The van der Waals surface area contributed by atoms with Gasteiger partial charge in [-0.15, -0.1) is 0 Å². The first-order valence-corrected chi connectivity index (χ1v) is 13.0. The number of piperazine rings is 1. The quantitative estimate of drug-likeness (QED) is 0.474. The van der Waals surface area contributed by atoms with Crippen LogP contribution in [0, 0.1) is 10.1 Å². The largest absolute Gasteiger partial charge is 0.375 e. The average molecular weight is 462 g/mol. The molecule has 2 heterocycles. The minimum absolute atomic E-state index is 0.120. The Balaban J connectivity index is 1.83. The van der Waals surface area contributed by atoms with Gasteiger partial charge in [-0.3, -0.25) is 10.1 Å². The van der Waals surface area contributed by atoms with E-state index in [1.165, 1.54) is 20.7 Å². The number of hydrogen-bond acceptors (Lipinski definition) is 8. The van der Waals surface area contributed by atoms with Crippen molar-refractivity contribution < 1.29 is 21.8 Å². The molecule has 0 saturated carbocycles. The summed E-state index contributed by atoms with van der Waals surface area (Å²) in [4.78, 5) is 12.9. The van der Waals surface area contributed by atoms with Crippen molar-refractivity contribution >= 4 is 31.4 Å². The number of anilines is 1. The van der Waals surface area contributed by atoms with Crippen LogP contribution < -0.4 is 5.32 Å². The summed E-state index contributed by atoms with van der Waals surface area (Å²) in [6, 6.07) is 3.53. The lowest BCUT2D eigenvalue weighted by Crippen LogP contribution is -2.47. The second kappa shape index (κ2) is 8.75. The zero-order chi connectivity index (χ0) is 22.1. The van der Waals surface area contributed by atoms with Gasteiger partial charge in [0.1, 0.15) is 5.69 Å². The second-order valence-corrected chi connectivity index (χ2v) is 11.7. The Bertz CT molecular complexity index is 1010. The molecule has 0 aromatic heterocycles. The van der Waals surface area contributed by atoms with Gasteiger partial charge in [-0.25, -0.2) is 21.1 Å². The Labute approximate surface area is 176 Å². The van der Waals surface area contributed by atoms with Gasteiger partial charge in [0.25, 0.3) is 5.69 Å². The molecule has 2 aliphatic rings. The normalized spacial score (nSPS) is 22.7. The molecule has 1 unspecified atom stereocenters. The molecule has 0 aliphatic carbocycles. The molecule has 11 nitrogen and oxygen atoms in total. The SMILES string of the molecule is CN1CCN(S(=O)(=O)c2ccc(NC3CCCN(S(C)(=O)=O)C3)c([N+](=O)[O-])c2)CC1. The summed E-state index contributed by atoms with van der Waals surface area (Å²) >= 11 is 0. The highest BCUT2D eigenvalue weighted by Crippen LogP contribution is 2.31. The van der Waals surface area contributed by atoms with Crippen molar-refractivity contribution in [2.75, 3.05) is 57.9 Å². The molecule has 13 heteroatoms. The van der Waals surface area contributed by atoms with Crippen LogP contribution in [-0.4, -0.2) is 93.9 Å². The number of nitro benzene ring substituents is 1. The van der Waals surface area contributed by atoms with Gasteiger partial charge in [0.15, 0.2) is 0 Å². The minimum Gasteiger partial charge on any atom is -0.375 e. The Kier molecular flexibility index (Phi) is 6.67. The third-order valence-corrected chi connectivity index (χ3v) is 8.64. The summed E-state index contributed by atoms with van der Waals surface area (Å²) in [6.45, 7) is 2.48. The summed E-state index contributed by atoms with van der Waals surface area (Å²) in [6.07, 6.45) is 2.43. The number of nitrogens with one attached hydrogen (secondary N) is 1. The summed E-state index contributed by atoms with van der Waals surface area (Å²) in [5.41, 5.74) is -0.167. The molecule has 1 atom stereocenters. The van der Waals surface area contributed by atoms with Crippen LogP contribution in [0.5, 0.6) is 0 Å². The standard InChI is InChI=1S/C17H27N5O6S2/c1-19-8-10-20(11-9-19)30(27,28)15-5-6-16(17(12-15)22(23)24)18-14-4-3-7-21(13-14)29(2,25)26/h5-6,12,14,18H,3-4,7-11,13H2,1-2H3. The molecule has 1 aromatic carbocycles. The lowest BCUT2D eigenvalue weighted by Gasteiger charge is -2.32. The first kappa shape index (κ1) is 22.9. The van der Waals surface area contributed by atoms with Crippen molar-refractivity contribution in [3.63, 3.8) is 0 Å². The van der Waals surface area contributed by atoms with E-state index in [2.05, 4.69) is 5.32 Å². The van der Waals surface area contributed by atoms with E-state index in [0.29, 0.717) is 45.6 Å².